The first-order valence-electron chi connectivity index (χ1n) is 24.7. The van der Waals surface area contributed by atoms with E-state index in [1.54, 1.807) is 11.1 Å². The molecule has 10 rings (SSSR count). The second kappa shape index (κ2) is 21.0. The third kappa shape index (κ3) is 9.91. The van der Waals surface area contributed by atoms with E-state index in [2.05, 4.69) is 131 Å². The molecule has 0 amide bonds. The summed E-state index contributed by atoms with van der Waals surface area (Å²) in [5.74, 6) is 3.21. The van der Waals surface area contributed by atoms with Crippen molar-refractivity contribution < 1.29 is 4.21 Å². The van der Waals surface area contributed by atoms with Crippen molar-refractivity contribution in [1.82, 2.24) is 9.80 Å². The molecule has 6 aliphatic rings. The van der Waals surface area contributed by atoms with E-state index in [1.807, 2.05) is 0 Å². The number of hydrogen-bond acceptors (Lipinski definition) is 3. The van der Waals surface area contributed by atoms with Crippen LogP contribution in [-0.4, -0.2) is 63.8 Å². The van der Waals surface area contributed by atoms with Crippen LogP contribution >= 0.6 is 12.4 Å². The Labute approximate surface area is 387 Å². The first kappa shape index (κ1) is 44.4. The maximum atomic E-state index is 14.3. The molecule has 0 aromatic heterocycles. The minimum atomic E-state index is -0.790. The Balaban J connectivity index is 0.00000504. The molecule has 5 heteroatoms. The van der Waals surface area contributed by atoms with Gasteiger partial charge in [0.05, 0.1) is 0 Å². The van der Waals surface area contributed by atoms with Crippen molar-refractivity contribution >= 4 is 58.7 Å². The molecule has 63 heavy (non-hydrogen) atoms. The third-order valence-corrected chi connectivity index (χ3v) is 17.3. The van der Waals surface area contributed by atoms with E-state index in [9.17, 15) is 4.21 Å². The van der Waals surface area contributed by atoms with E-state index < -0.39 is 10.8 Å². The standard InChI is InChI=1S/C58H68N2OS.ClH/c61-62(41-35-55(47-19-3-1-4-20-47)59-37-31-49(32-38-59)57-51-23-11-7-15-43(51)27-28-44-16-8-12-24-52(44)57)42-36-56(48-21-5-2-6-22-48)60-39-33-50(34-40-60)58-53-25-13-9-17-45(53)29-30-46-18-10-14-26-54(46)58;/h7-18,23-30,47-48,55-56H,1-6,19-22,31-42H2;1H. The molecule has 4 aliphatic carbocycles. The van der Waals surface area contributed by atoms with Crippen LogP contribution < -0.4 is 0 Å². The summed E-state index contributed by atoms with van der Waals surface area (Å²) in [4.78, 5) is 5.71. The fraction of sp³-hybridized carbons (Fsp3) is 0.448. The van der Waals surface area contributed by atoms with Crippen molar-refractivity contribution in [3.63, 3.8) is 0 Å². The zero-order valence-corrected chi connectivity index (χ0v) is 39.2. The maximum absolute atomic E-state index is 14.3. The first-order chi connectivity index (χ1) is 30.7. The number of hydrogen-bond donors (Lipinski definition) is 0. The van der Waals surface area contributed by atoms with E-state index in [1.165, 1.54) is 120 Å². The molecule has 2 saturated carbocycles. The van der Waals surface area contributed by atoms with Gasteiger partial charge in [0.25, 0.3) is 0 Å². The van der Waals surface area contributed by atoms with Crippen LogP contribution in [0.1, 0.15) is 147 Å². The molecular weight excluding hydrogens is 808 g/mol. The van der Waals surface area contributed by atoms with Gasteiger partial charge in [-0.1, -0.05) is 171 Å². The summed E-state index contributed by atoms with van der Waals surface area (Å²) in [5.41, 5.74) is 17.0. The predicted octanol–water partition coefficient (Wildman–Crippen LogP) is 14.0. The average molecular weight is 878 g/mol. The Morgan fingerprint density at radius 2 is 0.746 bits per heavy atom. The van der Waals surface area contributed by atoms with Crippen LogP contribution in [0.15, 0.2) is 108 Å². The van der Waals surface area contributed by atoms with Gasteiger partial charge in [0.15, 0.2) is 0 Å². The summed E-state index contributed by atoms with van der Waals surface area (Å²) in [6.45, 7) is 4.48. The molecule has 0 bridgehead atoms. The van der Waals surface area contributed by atoms with E-state index in [0.29, 0.717) is 12.1 Å². The molecular formula is C58H69ClN2OS. The van der Waals surface area contributed by atoms with Crippen molar-refractivity contribution in [3.8, 4) is 0 Å². The number of halogens is 1. The summed E-state index contributed by atoms with van der Waals surface area (Å²) in [7, 11) is -0.790. The van der Waals surface area contributed by atoms with Crippen molar-refractivity contribution in [2.75, 3.05) is 37.7 Å². The quantitative estimate of drug-likeness (QED) is 0.137. The van der Waals surface area contributed by atoms with Crippen molar-refractivity contribution in [2.24, 2.45) is 11.8 Å². The first-order valence-corrected chi connectivity index (χ1v) is 26.2. The topological polar surface area (TPSA) is 23.6 Å². The molecule has 0 radical (unpaired) electrons. The van der Waals surface area contributed by atoms with Gasteiger partial charge in [0.2, 0.25) is 0 Å². The summed E-state index contributed by atoms with van der Waals surface area (Å²) in [5, 5.41) is 0. The molecule has 2 atom stereocenters. The number of likely N-dealkylation sites (tertiary alicyclic amines) is 2. The summed E-state index contributed by atoms with van der Waals surface area (Å²) in [6, 6.07) is 37.1. The van der Waals surface area contributed by atoms with Crippen molar-refractivity contribution in [1.29, 1.82) is 0 Å². The molecule has 4 fully saturated rings. The van der Waals surface area contributed by atoms with E-state index >= 15 is 0 Å². The van der Waals surface area contributed by atoms with Crippen LogP contribution in [0.4, 0.5) is 0 Å². The minimum Gasteiger partial charge on any atom is -0.299 e. The molecule has 2 heterocycles. The van der Waals surface area contributed by atoms with Gasteiger partial charge < -0.3 is 0 Å². The Bertz CT molecular complexity index is 2080. The molecule has 4 aromatic carbocycles. The van der Waals surface area contributed by atoms with Crippen LogP contribution in [0.3, 0.4) is 0 Å². The lowest BCUT2D eigenvalue weighted by atomic mass is 9.80. The summed E-state index contributed by atoms with van der Waals surface area (Å²) < 4.78 is 14.3. The number of piperidine rings is 2. The smallest absolute Gasteiger partial charge is 0.0249 e. The van der Waals surface area contributed by atoms with Gasteiger partial charge in [0, 0.05) is 60.6 Å². The molecule has 2 saturated heterocycles. The van der Waals surface area contributed by atoms with Gasteiger partial charge in [-0.15, -0.1) is 12.4 Å². The Hall–Kier alpha value is -3.80. The van der Waals surface area contributed by atoms with E-state index in [-0.39, 0.29) is 12.4 Å². The van der Waals surface area contributed by atoms with Crippen molar-refractivity contribution in [3.05, 3.63) is 153 Å². The lowest BCUT2D eigenvalue weighted by Crippen LogP contribution is -2.46. The largest absolute Gasteiger partial charge is 0.299 e. The normalized spacial score (nSPS) is 21.3. The number of fused-ring (bicyclic) bond motifs is 4. The summed E-state index contributed by atoms with van der Waals surface area (Å²) >= 11 is 0. The van der Waals surface area contributed by atoms with Gasteiger partial charge in [0.1, 0.15) is 0 Å². The highest BCUT2D eigenvalue weighted by Crippen LogP contribution is 2.42. The zero-order chi connectivity index (χ0) is 41.7. The summed E-state index contributed by atoms with van der Waals surface area (Å²) in [6.07, 6.45) is 29.5. The highest BCUT2D eigenvalue weighted by Gasteiger charge is 2.34. The Kier molecular flexibility index (Phi) is 14.8. The second-order valence-corrected chi connectivity index (χ2v) is 21.1. The van der Waals surface area contributed by atoms with Crippen LogP contribution in [0.5, 0.6) is 0 Å². The van der Waals surface area contributed by atoms with Crippen LogP contribution in [0.25, 0.3) is 35.5 Å². The highest BCUT2D eigenvalue weighted by atomic mass is 35.5. The third-order valence-electron chi connectivity index (χ3n) is 15.9. The van der Waals surface area contributed by atoms with Gasteiger partial charge in [-0.25, -0.2) is 0 Å². The number of nitrogens with zero attached hydrogens (tertiary/aromatic N) is 2. The fourth-order valence-corrected chi connectivity index (χ4v) is 13.9. The lowest BCUT2D eigenvalue weighted by Gasteiger charge is -2.42. The fourth-order valence-electron chi connectivity index (χ4n) is 12.7. The zero-order valence-electron chi connectivity index (χ0n) is 37.5. The average Bonchev–Trinajstić information content (AvgIpc) is 3.61. The van der Waals surface area contributed by atoms with E-state index in [4.69, 9.17) is 0 Å². The molecule has 3 nitrogen and oxygen atoms in total. The van der Waals surface area contributed by atoms with Crippen LogP contribution in [0, 0.1) is 11.8 Å². The number of benzene rings is 4. The van der Waals surface area contributed by atoms with Crippen molar-refractivity contribution in [2.45, 2.75) is 115 Å². The minimum absolute atomic E-state index is 0. The molecule has 330 valence electrons. The van der Waals surface area contributed by atoms with Crippen LogP contribution in [0.2, 0.25) is 0 Å². The molecule has 2 aliphatic heterocycles. The van der Waals surface area contributed by atoms with Gasteiger partial charge in [-0.3, -0.25) is 14.0 Å². The molecule has 0 N–H and O–H groups in total. The molecule has 0 spiro atoms. The molecule has 4 aromatic rings. The predicted molar refractivity (Wildman–Crippen MR) is 272 cm³/mol. The SMILES string of the molecule is Cl.O=S(CCC(C1CCCCC1)N1CCC(=C2c3ccccc3C=Cc3ccccc32)CC1)CCC(C1CCCCC1)N1CCC(=C2c3ccccc3C=Cc3ccccc32)CC1. The molecule has 2 unspecified atom stereocenters. The van der Waals surface area contributed by atoms with Gasteiger partial charge in [-0.2, -0.15) is 0 Å². The monoisotopic (exact) mass is 876 g/mol. The Morgan fingerprint density at radius 1 is 0.444 bits per heavy atom. The second-order valence-electron chi connectivity index (χ2n) is 19.4. The van der Waals surface area contributed by atoms with Gasteiger partial charge >= 0.3 is 0 Å². The Morgan fingerprint density at radius 3 is 1.06 bits per heavy atom. The van der Waals surface area contributed by atoms with E-state index in [0.717, 1.165) is 88.0 Å². The van der Waals surface area contributed by atoms with Crippen LogP contribution in [-0.2, 0) is 10.8 Å². The van der Waals surface area contributed by atoms with Gasteiger partial charge in [-0.05, 0) is 132 Å². The highest BCUT2D eigenvalue weighted by molar-refractivity contribution is 7.84. The maximum Gasteiger partial charge on any atom is 0.0249 e. The number of rotatable bonds is 10. The lowest BCUT2D eigenvalue weighted by molar-refractivity contribution is 0.104.